The smallest absolute Gasteiger partial charge is 0.377 e. The molecule has 0 saturated heterocycles. The number of carbonyl (C=O) groups is 3. The summed E-state index contributed by atoms with van der Waals surface area (Å²) in [6.45, 7) is 1.41. The highest BCUT2D eigenvalue weighted by Crippen LogP contribution is 2.12. The van der Waals surface area contributed by atoms with Crippen LogP contribution in [0, 0.1) is 0 Å². The second-order valence-corrected chi connectivity index (χ2v) is 3.92. The fourth-order valence-corrected chi connectivity index (χ4v) is 1.49. The van der Waals surface area contributed by atoms with Gasteiger partial charge in [-0.2, -0.15) is 9.36 Å². The summed E-state index contributed by atoms with van der Waals surface area (Å²) in [6.07, 6.45) is 0.261. The normalized spacial score (nSPS) is 9.76. The van der Waals surface area contributed by atoms with Crippen LogP contribution in [0.1, 0.15) is 30.4 Å². The van der Waals surface area contributed by atoms with Gasteiger partial charge in [0.1, 0.15) is 5.78 Å². The van der Waals surface area contributed by atoms with Crippen molar-refractivity contribution in [3.05, 3.63) is 5.82 Å². The predicted molar refractivity (Wildman–Crippen MR) is 59.8 cm³/mol. The number of ether oxygens (including phenoxy) is 1. The van der Waals surface area contributed by atoms with E-state index in [4.69, 9.17) is 0 Å². The number of hydrogen-bond donors (Lipinski definition) is 1. The number of aromatic nitrogens is 2. The number of rotatable bonds is 5. The molecule has 7 nitrogen and oxygen atoms in total. The summed E-state index contributed by atoms with van der Waals surface area (Å²) >= 11 is 0.877. The summed E-state index contributed by atoms with van der Waals surface area (Å²) in [7, 11) is 1.22. The third-order valence-corrected chi connectivity index (χ3v) is 2.37. The van der Waals surface area contributed by atoms with Gasteiger partial charge in [-0.3, -0.25) is 4.79 Å². The first-order chi connectivity index (χ1) is 8.02. The second kappa shape index (κ2) is 6.04. The molecular weight excluding hydrogens is 246 g/mol. The number of Topliss-reactive ketones (excluding diaryl/α,β-unsaturated/α-hetero) is 1. The van der Waals surface area contributed by atoms with Gasteiger partial charge < -0.3 is 14.8 Å². The lowest BCUT2D eigenvalue weighted by Crippen LogP contribution is -2.12. The number of amides is 1. The molecule has 1 amide bonds. The highest BCUT2D eigenvalue weighted by atomic mass is 32.1. The highest BCUT2D eigenvalue weighted by Gasteiger charge is 2.14. The molecule has 1 aromatic rings. The van der Waals surface area contributed by atoms with Gasteiger partial charge in [-0.25, -0.2) is 4.79 Å². The Bertz CT molecular complexity index is 443. The van der Waals surface area contributed by atoms with Crippen LogP contribution in [0.5, 0.6) is 0 Å². The molecule has 0 saturated carbocycles. The molecule has 0 unspecified atom stereocenters. The van der Waals surface area contributed by atoms with Crippen molar-refractivity contribution < 1.29 is 19.1 Å². The molecule has 0 aliphatic carbocycles. The summed E-state index contributed by atoms with van der Waals surface area (Å²) in [5.74, 6) is -1.16. The highest BCUT2D eigenvalue weighted by molar-refractivity contribution is 7.10. The van der Waals surface area contributed by atoms with Crippen LogP contribution in [-0.2, 0) is 14.3 Å². The standard InChI is InChI=1S/C9H11N3O4S/c1-5(13)3-4-6(14)10-9-11-7(12-17-9)8(15)16-2/h3-4H2,1-2H3,(H,10,11,12,14). The van der Waals surface area contributed by atoms with E-state index in [0.717, 1.165) is 11.5 Å². The first kappa shape index (κ1) is 13.2. The van der Waals surface area contributed by atoms with Crippen LogP contribution in [0.2, 0.25) is 0 Å². The van der Waals surface area contributed by atoms with Crippen molar-refractivity contribution in [3.8, 4) is 0 Å². The van der Waals surface area contributed by atoms with Crippen LogP contribution in [0.3, 0.4) is 0 Å². The Morgan fingerprint density at radius 3 is 2.65 bits per heavy atom. The molecule has 0 aliphatic rings. The average molecular weight is 257 g/mol. The van der Waals surface area contributed by atoms with Gasteiger partial charge in [-0.15, -0.1) is 0 Å². The minimum Gasteiger partial charge on any atom is -0.463 e. The monoisotopic (exact) mass is 257 g/mol. The Morgan fingerprint density at radius 1 is 1.35 bits per heavy atom. The summed E-state index contributed by atoms with van der Waals surface area (Å²) < 4.78 is 8.13. The van der Waals surface area contributed by atoms with Crippen molar-refractivity contribution in [3.63, 3.8) is 0 Å². The predicted octanol–water partition coefficient (Wildman–Crippen LogP) is 0.632. The minimum absolute atomic E-state index is 0.0623. The van der Waals surface area contributed by atoms with Crippen molar-refractivity contribution >= 4 is 34.3 Å². The maximum atomic E-state index is 11.3. The van der Waals surface area contributed by atoms with Gasteiger partial charge in [-0.1, -0.05) is 0 Å². The van der Waals surface area contributed by atoms with Crippen LogP contribution in [0.15, 0.2) is 0 Å². The number of ketones is 1. The van der Waals surface area contributed by atoms with Gasteiger partial charge >= 0.3 is 5.97 Å². The lowest BCUT2D eigenvalue weighted by atomic mass is 10.2. The van der Waals surface area contributed by atoms with Crippen molar-refractivity contribution in [2.75, 3.05) is 12.4 Å². The molecule has 0 aromatic carbocycles. The Kier molecular flexibility index (Phi) is 4.70. The van der Waals surface area contributed by atoms with Crippen LogP contribution < -0.4 is 5.32 Å². The quantitative estimate of drug-likeness (QED) is 0.777. The molecule has 0 bridgehead atoms. The van der Waals surface area contributed by atoms with Crippen LogP contribution in [0.25, 0.3) is 0 Å². The minimum atomic E-state index is -0.662. The Morgan fingerprint density at radius 2 is 2.06 bits per heavy atom. The van der Waals surface area contributed by atoms with E-state index in [1.54, 1.807) is 0 Å². The number of anilines is 1. The van der Waals surface area contributed by atoms with E-state index in [-0.39, 0.29) is 35.5 Å². The molecule has 0 atom stereocenters. The molecule has 0 fully saturated rings. The summed E-state index contributed by atoms with van der Waals surface area (Å²) in [4.78, 5) is 36.8. The van der Waals surface area contributed by atoms with Crippen LogP contribution >= 0.6 is 11.5 Å². The number of methoxy groups -OCH3 is 1. The molecular formula is C9H11N3O4S. The number of nitrogens with one attached hydrogen (secondary N) is 1. The first-order valence-corrected chi connectivity index (χ1v) is 5.51. The van der Waals surface area contributed by atoms with Crippen molar-refractivity contribution in [2.24, 2.45) is 0 Å². The summed E-state index contributed by atoms with van der Waals surface area (Å²) in [5.41, 5.74) is 0. The molecule has 0 radical (unpaired) electrons. The number of hydrogen-bond acceptors (Lipinski definition) is 7. The largest absolute Gasteiger partial charge is 0.463 e. The first-order valence-electron chi connectivity index (χ1n) is 4.74. The van der Waals surface area contributed by atoms with E-state index in [1.165, 1.54) is 14.0 Å². The zero-order valence-corrected chi connectivity index (χ0v) is 10.2. The van der Waals surface area contributed by atoms with E-state index < -0.39 is 5.97 Å². The topological polar surface area (TPSA) is 98.2 Å². The third-order valence-electron chi connectivity index (χ3n) is 1.74. The number of carbonyl (C=O) groups excluding carboxylic acids is 3. The van der Waals surface area contributed by atoms with Gasteiger partial charge in [0.25, 0.3) is 5.82 Å². The molecule has 92 valence electrons. The zero-order valence-electron chi connectivity index (χ0n) is 9.35. The van der Waals surface area contributed by atoms with E-state index in [2.05, 4.69) is 19.4 Å². The second-order valence-electron chi connectivity index (χ2n) is 3.16. The Balaban J connectivity index is 2.51. The lowest BCUT2D eigenvalue weighted by molar-refractivity contribution is -0.121. The van der Waals surface area contributed by atoms with Gasteiger partial charge in [0, 0.05) is 24.4 Å². The van der Waals surface area contributed by atoms with Gasteiger partial charge in [-0.05, 0) is 6.92 Å². The van der Waals surface area contributed by atoms with Crippen LogP contribution in [0.4, 0.5) is 5.13 Å². The van der Waals surface area contributed by atoms with Gasteiger partial charge in [0.15, 0.2) is 0 Å². The van der Waals surface area contributed by atoms with E-state index in [1.807, 2.05) is 0 Å². The Hall–Kier alpha value is -1.83. The van der Waals surface area contributed by atoms with Gasteiger partial charge in [0.05, 0.1) is 7.11 Å². The summed E-state index contributed by atoms with van der Waals surface area (Å²) in [5, 5.41) is 2.65. The molecule has 17 heavy (non-hydrogen) atoms. The van der Waals surface area contributed by atoms with Crippen molar-refractivity contribution in [1.82, 2.24) is 9.36 Å². The lowest BCUT2D eigenvalue weighted by Gasteiger charge is -1.98. The van der Waals surface area contributed by atoms with E-state index in [0.29, 0.717) is 0 Å². The SMILES string of the molecule is COC(=O)c1nsc(NC(=O)CCC(C)=O)n1. The molecule has 1 rings (SSSR count). The van der Waals surface area contributed by atoms with Crippen molar-refractivity contribution in [1.29, 1.82) is 0 Å². The fourth-order valence-electron chi connectivity index (χ4n) is 0.920. The number of nitrogens with zero attached hydrogens (tertiary/aromatic N) is 2. The number of esters is 1. The summed E-state index contributed by atoms with van der Waals surface area (Å²) in [6, 6.07) is 0. The zero-order chi connectivity index (χ0) is 12.8. The molecule has 1 aromatic heterocycles. The molecule has 1 heterocycles. The van der Waals surface area contributed by atoms with Gasteiger partial charge in [0.2, 0.25) is 11.0 Å². The molecule has 0 aliphatic heterocycles. The molecule has 8 heteroatoms. The average Bonchev–Trinajstić information content (AvgIpc) is 2.73. The van der Waals surface area contributed by atoms with Crippen LogP contribution in [-0.4, -0.2) is 34.1 Å². The molecule has 0 spiro atoms. The molecule has 1 N–H and O–H groups in total. The maximum absolute atomic E-state index is 11.3. The fraction of sp³-hybridized carbons (Fsp3) is 0.444. The van der Waals surface area contributed by atoms with E-state index >= 15 is 0 Å². The van der Waals surface area contributed by atoms with E-state index in [9.17, 15) is 14.4 Å². The Labute approximate surface area is 101 Å². The van der Waals surface area contributed by atoms with Crippen molar-refractivity contribution in [2.45, 2.75) is 19.8 Å². The maximum Gasteiger partial charge on any atom is 0.377 e. The third kappa shape index (κ3) is 4.27.